The molecule has 0 aliphatic carbocycles. The Labute approximate surface area is 129 Å². The van der Waals surface area contributed by atoms with Crippen molar-refractivity contribution in [3.63, 3.8) is 0 Å². The molecule has 1 heterocycles. The lowest BCUT2D eigenvalue weighted by molar-refractivity contribution is -0.138. The Morgan fingerprint density at radius 2 is 2.05 bits per heavy atom. The highest BCUT2D eigenvalue weighted by Gasteiger charge is 2.37. The van der Waals surface area contributed by atoms with Crippen molar-refractivity contribution >= 4 is 56.6 Å². The molecule has 7 heteroatoms. The number of hydrogen-bond acceptors (Lipinski definition) is 3. The highest BCUT2D eigenvalue weighted by atomic mass is 79.9. The van der Waals surface area contributed by atoms with Crippen molar-refractivity contribution in [3.05, 3.63) is 26.7 Å². The molecule has 1 aromatic carbocycles. The standard InChI is InChI=1S/C12H11BrCl2N2O2/c1-2-17-9(18)5-8(12(17)19)16-7-4-3-6(13)10(14)11(7)15/h3-4,8,16H,2,5H2,1H3. The molecule has 2 amide bonds. The second-order valence-electron chi connectivity index (χ2n) is 4.10. The van der Waals surface area contributed by atoms with Crippen LogP contribution in [0.2, 0.25) is 10.0 Å². The molecule has 0 aromatic heterocycles. The van der Waals surface area contributed by atoms with Gasteiger partial charge in [0, 0.05) is 11.0 Å². The molecule has 1 aromatic rings. The summed E-state index contributed by atoms with van der Waals surface area (Å²) in [5.74, 6) is -0.410. The van der Waals surface area contributed by atoms with Crippen LogP contribution in [0.25, 0.3) is 0 Å². The van der Waals surface area contributed by atoms with Gasteiger partial charge in [-0.1, -0.05) is 23.2 Å². The number of nitrogens with one attached hydrogen (secondary N) is 1. The highest BCUT2D eigenvalue weighted by Crippen LogP contribution is 2.36. The van der Waals surface area contributed by atoms with Crippen molar-refractivity contribution < 1.29 is 9.59 Å². The van der Waals surface area contributed by atoms with E-state index in [4.69, 9.17) is 23.2 Å². The third kappa shape index (κ3) is 2.73. The molecule has 1 fully saturated rings. The van der Waals surface area contributed by atoms with E-state index in [-0.39, 0.29) is 18.2 Å². The molecule has 1 N–H and O–H groups in total. The molecule has 1 aliphatic heterocycles. The maximum atomic E-state index is 12.0. The molecular weight excluding hydrogens is 355 g/mol. The van der Waals surface area contributed by atoms with Gasteiger partial charge in [-0.05, 0) is 35.0 Å². The summed E-state index contributed by atoms with van der Waals surface area (Å²) in [4.78, 5) is 24.8. The Bertz CT molecular complexity index is 551. The van der Waals surface area contributed by atoms with Gasteiger partial charge in [0.1, 0.15) is 6.04 Å². The number of nitrogens with zero attached hydrogens (tertiary/aromatic N) is 1. The number of carbonyl (C=O) groups is 2. The Balaban J connectivity index is 2.21. The summed E-state index contributed by atoms with van der Waals surface area (Å²) in [7, 11) is 0. The highest BCUT2D eigenvalue weighted by molar-refractivity contribution is 9.10. The minimum Gasteiger partial charge on any atom is -0.372 e. The van der Waals surface area contributed by atoms with Crippen molar-refractivity contribution in [1.82, 2.24) is 4.90 Å². The van der Waals surface area contributed by atoms with E-state index in [2.05, 4.69) is 21.2 Å². The minimum absolute atomic E-state index is 0.136. The average Bonchev–Trinajstić information content (AvgIpc) is 2.65. The van der Waals surface area contributed by atoms with Crippen molar-refractivity contribution in [3.8, 4) is 0 Å². The Kier molecular flexibility index (Phi) is 4.38. The van der Waals surface area contributed by atoms with E-state index >= 15 is 0 Å². The number of anilines is 1. The number of imide groups is 1. The van der Waals surface area contributed by atoms with Crippen LogP contribution in [-0.4, -0.2) is 29.3 Å². The zero-order valence-corrected chi connectivity index (χ0v) is 13.1. The minimum atomic E-state index is -0.581. The first kappa shape index (κ1) is 14.6. The van der Waals surface area contributed by atoms with Gasteiger partial charge in [0.2, 0.25) is 5.91 Å². The topological polar surface area (TPSA) is 49.4 Å². The summed E-state index contributed by atoms with van der Waals surface area (Å²) in [6.45, 7) is 2.15. The van der Waals surface area contributed by atoms with E-state index in [1.807, 2.05) is 0 Å². The van der Waals surface area contributed by atoms with E-state index in [0.717, 1.165) is 0 Å². The van der Waals surface area contributed by atoms with Gasteiger partial charge in [0.05, 0.1) is 22.2 Å². The monoisotopic (exact) mass is 364 g/mol. The van der Waals surface area contributed by atoms with Crippen LogP contribution in [0.1, 0.15) is 13.3 Å². The second-order valence-corrected chi connectivity index (χ2v) is 5.71. The molecule has 1 aliphatic rings. The first-order valence-corrected chi connectivity index (χ1v) is 7.24. The Morgan fingerprint density at radius 3 is 2.63 bits per heavy atom. The lowest BCUT2D eigenvalue weighted by atomic mass is 10.2. The third-order valence-corrected chi connectivity index (χ3v) is 4.70. The van der Waals surface area contributed by atoms with Gasteiger partial charge in [-0.3, -0.25) is 14.5 Å². The number of hydrogen-bond donors (Lipinski definition) is 1. The zero-order chi connectivity index (χ0) is 14.2. The quantitative estimate of drug-likeness (QED) is 0.660. The molecule has 2 rings (SSSR count). The molecule has 0 saturated carbocycles. The summed E-state index contributed by atoms with van der Waals surface area (Å²) < 4.78 is 0.675. The van der Waals surface area contributed by atoms with E-state index < -0.39 is 6.04 Å². The molecule has 0 bridgehead atoms. The first-order chi connectivity index (χ1) is 8.95. The van der Waals surface area contributed by atoms with E-state index in [1.165, 1.54) is 4.90 Å². The first-order valence-electron chi connectivity index (χ1n) is 5.70. The summed E-state index contributed by atoms with van der Waals surface area (Å²) >= 11 is 15.4. The van der Waals surface area contributed by atoms with Crippen LogP contribution >= 0.6 is 39.1 Å². The van der Waals surface area contributed by atoms with Gasteiger partial charge >= 0.3 is 0 Å². The normalized spacial score (nSPS) is 19.2. The second kappa shape index (κ2) is 5.69. The Morgan fingerprint density at radius 1 is 1.37 bits per heavy atom. The summed E-state index contributed by atoms with van der Waals surface area (Å²) in [5.41, 5.74) is 0.541. The van der Waals surface area contributed by atoms with Crippen molar-refractivity contribution in [1.29, 1.82) is 0 Å². The number of rotatable bonds is 3. The largest absolute Gasteiger partial charge is 0.372 e. The van der Waals surface area contributed by atoms with Crippen LogP contribution in [0.15, 0.2) is 16.6 Å². The van der Waals surface area contributed by atoms with Gasteiger partial charge in [0.25, 0.3) is 5.91 Å². The van der Waals surface area contributed by atoms with Gasteiger partial charge < -0.3 is 5.32 Å². The lowest BCUT2D eigenvalue weighted by Gasteiger charge is -2.15. The van der Waals surface area contributed by atoms with Crippen LogP contribution in [0.4, 0.5) is 5.69 Å². The van der Waals surface area contributed by atoms with Crippen molar-refractivity contribution in [2.75, 3.05) is 11.9 Å². The average molecular weight is 366 g/mol. The summed E-state index contributed by atoms with van der Waals surface area (Å²) in [6.07, 6.45) is 0.136. The van der Waals surface area contributed by atoms with E-state index in [1.54, 1.807) is 19.1 Å². The maximum Gasteiger partial charge on any atom is 0.252 e. The van der Waals surface area contributed by atoms with Crippen LogP contribution in [0.3, 0.4) is 0 Å². The fourth-order valence-electron chi connectivity index (χ4n) is 1.95. The predicted molar refractivity (Wildman–Crippen MR) is 78.6 cm³/mol. The van der Waals surface area contributed by atoms with Crippen LogP contribution in [-0.2, 0) is 9.59 Å². The number of carbonyl (C=O) groups excluding carboxylic acids is 2. The SMILES string of the molecule is CCN1C(=O)CC(Nc2ccc(Br)c(Cl)c2Cl)C1=O. The molecule has 19 heavy (non-hydrogen) atoms. The molecule has 0 spiro atoms. The van der Waals surface area contributed by atoms with E-state index in [0.29, 0.717) is 26.8 Å². The molecule has 1 unspecified atom stereocenters. The predicted octanol–water partition coefficient (Wildman–Crippen LogP) is 3.32. The number of likely N-dealkylation sites (N-methyl/N-ethyl adjacent to an activating group) is 1. The number of halogens is 3. The van der Waals surface area contributed by atoms with Crippen molar-refractivity contribution in [2.24, 2.45) is 0 Å². The van der Waals surface area contributed by atoms with Crippen LogP contribution in [0, 0.1) is 0 Å². The summed E-state index contributed by atoms with van der Waals surface area (Å²) in [5, 5.41) is 3.67. The molecule has 4 nitrogen and oxygen atoms in total. The van der Waals surface area contributed by atoms with Gasteiger partial charge in [-0.15, -0.1) is 0 Å². The summed E-state index contributed by atoms with van der Waals surface area (Å²) in [6, 6.07) is 2.86. The number of benzene rings is 1. The molecule has 1 saturated heterocycles. The van der Waals surface area contributed by atoms with Gasteiger partial charge in [-0.25, -0.2) is 0 Å². The van der Waals surface area contributed by atoms with Gasteiger partial charge in [0.15, 0.2) is 0 Å². The van der Waals surface area contributed by atoms with Crippen molar-refractivity contribution in [2.45, 2.75) is 19.4 Å². The third-order valence-electron chi connectivity index (χ3n) is 2.93. The van der Waals surface area contributed by atoms with E-state index in [9.17, 15) is 9.59 Å². The van der Waals surface area contributed by atoms with Crippen LogP contribution in [0.5, 0.6) is 0 Å². The smallest absolute Gasteiger partial charge is 0.252 e. The Hall–Kier alpha value is -0.780. The van der Waals surface area contributed by atoms with Gasteiger partial charge in [-0.2, -0.15) is 0 Å². The molecular formula is C12H11BrCl2N2O2. The molecule has 102 valence electrons. The maximum absolute atomic E-state index is 12.0. The fraction of sp³-hybridized carbons (Fsp3) is 0.333. The zero-order valence-electron chi connectivity index (χ0n) is 10.0. The number of likely N-dealkylation sites (tertiary alicyclic amines) is 1. The number of amides is 2. The molecule has 0 radical (unpaired) electrons. The lowest BCUT2D eigenvalue weighted by Crippen LogP contribution is -2.34. The van der Waals surface area contributed by atoms with Crippen LogP contribution < -0.4 is 5.32 Å². The molecule has 1 atom stereocenters. The fourth-order valence-corrected chi connectivity index (χ4v) is 2.78.